The number of nitrogens with zero attached hydrogens (tertiary/aromatic N) is 7. The number of imidazole rings is 1. The number of anilines is 3. The van der Waals surface area contributed by atoms with E-state index in [0.717, 1.165) is 55.6 Å². The fourth-order valence-electron chi connectivity index (χ4n) is 5.99. The SMILES string of the molecule is Cc1ccc(C(=O)Nc2ccc(CN3CCN(C)CC3)c(C(F)(F)F)c2)cc1C#Cc1cnc2c(Nc3cnn(CCCN(C)C)c3)cccn12. The summed E-state index contributed by atoms with van der Waals surface area (Å²) in [7, 11) is 6.10. The zero-order chi connectivity index (χ0) is 36.1. The molecule has 4 heterocycles. The lowest BCUT2D eigenvalue weighted by atomic mass is 10.0. The van der Waals surface area contributed by atoms with Crippen LogP contribution in [0.25, 0.3) is 5.65 Å². The molecule has 266 valence electrons. The number of fused-ring (bicyclic) bond motifs is 1. The van der Waals surface area contributed by atoms with Crippen LogP contribution in [0.3, 0.4) is 0 Å². The molecule has 0 saturated carbocycles. The topological polar surface area (TPSA) is 86.0 Å². The molecule has 0 bridgehead atoms. The molecule has 1 fully saturated rings. The van der Waals surface area contributed by atoms with Crippen molar-refractivity contribution in [1.29, 1.82) is 0 Å². The van der Waals surface area contributed by atoms with Crippen LogP contribution in [0.15, 0.2) is 73.3 Å². The summed E-state index contributed by atoms with van der Waals surface area (Å²) in [5, 5.41) is 10.5. The highest BCUT2D eigenvalue weighted by Gasteiger charge is 2.34. The van der Waals surface area contributed by atoms with Gasteiger partial charge in [-0.1, -0.05) is 18.1 Å². The molecule has 6 rings (SSSR count). The number of alkyl halides is 3. The number of amides is 1. The number of aromatic nitrogens is 4. The summed E-state index contributed by atoms with van der Waals surface area (Å²) in [5.41, 5.74) is 4.28. The van der Waals surface area contributed by atoms with E-state index in [2.05, 4.69) is 56.5 Å². The predicted molar refractivity (Wildman–Crippen MR) is 193 cm³/mol. The molecule has 2 N–H and O–H groups in total. The minimum atomic E-state index is -4.56. The Morgan fingerprint density at radius 1 is 1.00 bits per heavy atom. The van der Waals surface area contributed by atoms with Gasteiger partial charge in [-0.25, -0.2) is 4.98 Å². The Kier molecular flexibility index (Phi) is 10.8. The lowest BCUT2D eigenvalue weighted by Crippen LogP contribution is -2.44. The van der Waals surface area contributed by atoms with E-state index in [1.54, 1.807) is 30.6 Å². The molecule has 3 aromatic heterocycles. The molecule has 0 radical (unpaired) electrons. The van der Waals surface area contributed by atoms with Gasteiger partial charge in [-0.2, -0.15) is 18.3 Å². The second-order valence-electron chi connectivity index (χ2n) is 13.2. The molecule has 0 spiro atoms. The molecule has 0 aliphatic carbocycles. The number of likely N-dealkylation sites (N-methyl/N-ethyl adjacent to an activating group) is 1. The summed E-state index contributed by atoms with van der Waals surface area (Å²) in [6.45, 7) is 6.90. The molecular weight excluding hydrogens is 655 g/mol. The van der Waals surface area contributed by atoms with Crippen LogP contribution in [0.5, 0.6) is 0 Å². The molecule has 0 atom stereocenters. The Morgan fingerprint density at radius 2 is 1.80 bits per heavy atom. The number of nitrogens with one attached hydrogen (secondary N) is 2. The molecule has 2 aromatic carbocycles. The summed E-state index contributed by atoms with van der Waals surface area (Å²) in [4.78, 5) is 24.2. The van der Waals surface area contributed by atoms with E-state index >= 15 is 0 Å². The van der Waals surface area contributed by atoms with Crippen LogP contribution in [0, 0.1) is 18.8 Å². The van der Waals surface area contributed by atoms with Gasteiger partial charge in [0.25, 0.3) is 5.91 Å². The average molecular weight is 698 g/mol. The van der Waals surface area contributed by atoms with Crippen LogP contribution in [-0.4, -0.2) is 93.6 Å². The highest BCUT2D eigenvalue weighted by molar-refractivity contribution is 6.04. The molecule has 10 nitrogen and oxygen atoms in total. The third-order valence-electron chi connectivity index (χ3n) is 8.93. The van der Waals surface area contributed by atoms with E-state index in [-0.39, 0.29) is 23.4 Å². The van der Waals surface area contributed by atoms with E-state index < -0.39 is 17.6 Å². The standard InChI is InChI=1S/C38H42F3N9O/c1-27-8-9-29(37(51)45-31-12-10-30(34(22-31)38(39,40)41)25-48-19-17-47(4)18-20-48)21-28(27)11-13-33-24-42-36-35(7-5-16-50(33)36)44-32-23-43-49(26-32)15-6-14-46(2)3/h5,7-10,12,16,21-24,26,44H,6,14-15,17-20,25H2,1-4H3,(H,45,51). The Bertz CT molecular complexity index is 2060. The Balaban J connectivity index is 1.16. The van der Waals surface area contributed by atoms with Crippen molar-refractivity contribution >= 4 is 28.6 Å². The van der Waals surface area contributed by atoms with E-state index in [4.69, 9.17) is 0 Å². The number of piperazine rings is 1. The monoisotopic (exact) mass is 697 g/mol. The van der Waals surface area contributed by atoms with Gasteiger partial charge < -0.3 is 20.4 Å². The summed E-state index contributed by atoms with van der Waals surface area (Å²) in [6.07, 6.45) is 3.76. The van der Waals surface area contributed by atoms with Crippen molar-refractivity contribution in [2.24, 2.45) is 0 Å². The second kappa shape index (κ2) is 15.4. The second-order valence-corrected chi connectivity index (χ2v) is 13.2. The first-order valence-corrected chi connectivity index (χ1v) is 16.9. The number of hydrogen-bond acceptors (Lipinski definition) is 7. The zero-order valence-electron chi connectivity index (χ0n) is 29.3. The van der Waals surface area contributed by atoms with Crippen molar-refractivity contribution in [2.45, 2.75) is 32.6 Å². The number of benzene rings is 2. The molecule has 0 unspecified atom stereocenters. The van der Waals surface area contributed by atoms with Gasteiger partial charge in [-0.05, 0) is 94.5 Å². The normalized spacial score (nSPS) is 14.1. The number of pyridine rings is 1. The lowest BCUT2D eigenvalue weighted by molar-refractivity contribution is -0.138. The summed E-state index contributed by atoms with van der Waals surface area (Å²) in [5.74, 6) is 5.81. The largest absolute Gasteiger partial charge is 0.416 e. The van der Waals surface area contributed by atoms with Crippen LogP contribution >= 0.6 is 0 Å². The van der Waals surface area contributed by atoms with Crippen molar-refractivity contribution in [1.82, 2.24) is 33.9 Å². The van der Waals surface area contributed by atoms with E-state index in [1.165, 1.54) is 12.1 Å². The van der Waals surface area contributed by atoms with Gasteiger partial charge in [-0.3, -0.25) is 18.8 Å². The smallest absolute Gasteiger partial charge is 0.350 e. The molecular formula is C38H42F3N9O. The number of carbonyl (C=O) groups is 1. The summed E-state index contributed by atoms with van der Waals surface area (Å²) >= 11 is 0. The molecule has 51 heavy (non-hydrogen) atoms. The molecule has 1 saturated heterocycles. The minimum Gasteiger partial charge on any atom is -0.350 e. The van der Waals surface area contributed by atoms with Crippen LogP contribution in [0.4, 0.5) is 30.2 Å². The van der Waals surface area contributed by atoms with Crippen LogP contribution < -0.4 is 10.6 Å². The summed E-state index contributed by atoms with van der Waals surface area (Å²) < 4.78 is 46.1. The number of aryl methyl sites for hydroxylation is 2. The van der Waals surface area contributed by atoms with Crippen LogP contribution in [0.2, 0.25) is 0 Å². The van der Waals surface area contributed by atoms with Gasteiger partial charge in [0.1, 0.15) is 5.69 Å². The molecule has 1 aliphatic heterocycles. The Hall–Kier alpha value is -5.16. The van der Waals surface area contributed by atoms with Crippen molar-refractivity contribution in [3.8, 4) is 11.8 Å². The number of rotatable bonds is 10. The quantitative estimate of drug-likeness (QED) is 0.175. The average Bonchev–Trinajstić information content (AvgIpc) is 3.72. The number of carbonyl (C=O) groups excluding carboxylic acids is 1. The molecule has 1 aliphatic rings. The van der Waals surface area contributed by atoms with E-state index in [0.29, 0.717) is 30.0 Å². The van der Waals surface area contributed by atoms with Gasteiger partial charge in [0.2, 0.25) is 0 Å². The van der Waals surface area contributed by atoms with Gasteiger partial charge >= 0.3 is 6.18 Å². The zero-order valence-corrected chi connectivity index (χ0v) is 29.3. The maximum absolute atomic E-state index is 14.1. The first kappa shape index (κ1) is 35.7. The predicted octanol–water partition coefficient (Wildman–Crippen LogP) is 5.95. The molecule has 1 amide bonds. The maximum Gasteiger partial charge on any atom is 0.416 e. The fourth-order valence-corrected chi connectivity index (χ4v) is 5.99. The van der Waals surface area contributed by atoms with Crippen LogP contribution in [-0.2, 0) is 19.3 Å². The molecule has 5 aromatic rings. The van der Waals surface area contributed by atoms with Crippen molar-refractivity contribution in [2.75, 3.05) is 64.5 Å². The fraction of sp³-hybridized carbons (Fsp3) is 0.342. The Morgan fingerprint density at radius 3 is 2.57 bits per heavy atom. The van der Waals surface area contributed by atoms with E-state index in [9.17, 15) is 18.0 Å². The summed E-state index contributed by atoms with van der Waals surface area (Å²) in [6, 6.07) is 12.9. The lowest BCUT2D eigenvalue weighted by Gasteiger charge is -2.33. The van der Waals surface area contributed by atoms with Crippen molar-refractivity contribution in [3.63, 3.8) is 0 Å². The van der Waals surface area contributed by atoms with Gasteiger partial charge in [0.15, 0.2) is 5.65 Å². The van der Waals surface area contributed by atoms with Crippen molar-refractivity contribution in [3.05, 3.63) is 107 Å². The van der Waals surface area contributed by atoms with Crippen LogP contribution in [0.1, 0.15) is 44.7 Å². The highest BCUT2D eigenvalue weighted by atomic mass is 19.4. The van der Waals surface area contributed by atoms with Gasteiger partial charge in [0, 0.05) is 68.5 Å². The number of hydrogen-bond donors (Lipinski definition) is 2. The van der Waals surface area contributed by atoms with Gasteiger partial charge in [0.05, 0.1) is 29.3 Å². The van der Waals surface area contributed by atoms with E-state index in [1.807, 2.05) is 52.5 Å². The third kappa shape index (κ3) is 8.96. The Labute approximate surface area is 295 Å². The maximum atomic E-state index is 14.1. The van der Waals surface area contributed by atoms with Gasteiger partial charge in [-0.15, -0.1) is 0 Å². The first-order chi connectivity index (χ1) is 24.4. The first-order valence-electron chi connectivity index (χ1n) is 16.9. The highest BCUT2D eigenvalue weighted by Crippen LogP contribution is 2.35. The third-order valence-corrected chi connectivity index (χ3v) is 8.93. The molecule has 13 heteroatoms. The number of halogens is 3. The minimum absolute atomic E-state index is 0.0782. The van der Waals surface area contributed by atoms with Crippen molar-refractivity contribution < 1.29 is 18.0 Å².